The first-order valence-electron chi connectivity index (χ1n) is 10.3. The van der Waals surface area contributed by atoms with E-state index in [-0.39, 0.29) is 11.9 Å². The Balaban J connectivity index is 0.000000989. The fourth-order valence-electron chi connectivity index (χ4n) is 2.89. The summed E-state index contributed by atoms with van der Waals surface area (Å²) in [7, 11) is 3.63. The molecular formula is C24H34N4O. The smallest absolute Gasteiger partial charge is 0.239 e. The van der Waals surface area contributed by atoms with E-state index in [2.05, 4.69) is 29.4 Å². The summed E-state index contributed by atoms with van der Waals surface area (Å²) in [4.78, 5) is 18.6. The molecule has 0 saturated heterocycles. The van der Waals surface area contributed by atoms with Gasteiger partial charge >= 0.3 is 0 Å². The molecule has 2 aromatic rings. The number of nitrogens with zero attached hydrogens (tertiary/aromatic N) is 4. The minimum absolute atomic E-state index is 0.113. The molecule has 1 amide bonds. The summed E-state index contributed by atoms with van der Waals surface area (Å²) in [5, 5.41) is 5.86. The molecule has 1 atom stereocenters. The van der Waals surface area contributed by atoms with Crippen molar-refractivity contribution in [2.75, 3.05) is 19.0 Å². The Kier molecular flexibility index (Phi) is 9.80. The zero-order valence-corrected chi connectivity index (χ0v) is 19.0. The van der Waals surface area contributed by atoms with Gasteiger partial charge in [0.1, 0.15) is 6.04 Å². The third-order valence-electron chi connectivity index (χ3n) is 4.32. The molecule has 0 N–H and O–H groups in total. The second kappa shape index (κ2) is 11.8. The van der Waals surface area contributed by atoms with Crippen molar-refractivity contribution in [1.29, 1.82) is 0 Å². The van der Waals surface area contributed by atoms with E-state index in [4.69, 9.17) is 4.99 Å². The topological polar surface area (TPSA) is 48.3 Å². The van der Waals surface area contributed by atoms with Gasteiger partial charge in [-0.3, -0.25) is 9.79 Å². The number of benzodiazepines with no additional fused rings is 1. The highest BCUT2D eigenvalue weighted by molar-refractivity contribution is 6.20. The van der Waals surface area contributed by atoms with Crippen molar-refractivity contribution in [3.63, 3.8) is 0 Å². The molecule has 1 aliphatic heterocycles. The minimum Gasteiger partial charge on any atom is -0.329 e. The van der Waals surface area contributed by atoms with Gasteiger partial charge in [-0.2, -0.15) is 5.10 Å². The number of amidine groups is 1. The van der Waals surface area contributed by atoms with Crippen LogP contribution >= 0.6 is 0 Å². The van der Waals surface area contributed by atoms with E-state index in [1.54, 1.807) is 7.05 Å². The van der Waals surface area contributed by atoms with Crippen molar-refractivity contribution in [1.82, 2.24) is 5.01 Å². The van der Waals surface area contributed by atoms with E-state index in [0.717, 1.165) is 28.4 Å². The van der Waals surface area contributed by atoms with Crippen molar-refractivity contribution in [2.24, 2.45) is 10.1 Å². The normalized spacial score (nSPS) is 16.3. The van der Waals surface area contributed by atoms with Gasteiger partial charge < -0.3 is 4.90 Å². The van der Waals surface area contributed by atoms with Crippen LogP contribution in [0.1, 0.15) is 52.7 Å². The molecule has 5 heteroatoms. The van der Waals surface area contributed by atoms with E-state index in [1.165, 1.54) is 11.9 Å². The van der Waals surface area contributed by atoms with Crippen LogP contribution in [0.2, 0.25) is 0 Å². The number of likely N-dealkylation sites (N-methyl/N-ethyl adjacent to an activating group) is 1. The van der Waals surface area contributed by atoms with Gasteiger partial charge in [-0.1, -0.05) is 76.2 Å². The highest BCUT2D eigenvalue weighted by Crippen LogP contribution is 2.28. The first-order valence-corrected chi connectivity index (χ1v) is 10.3. The number of aliphatic imine (C=N–C) groups is 1. The molecular weight excluding hydrogens is 360 g/mol. The molecule has 0 aliphatic carbocycles. The first kappa shape index (κ1) is 24.1. The van der Waals surface area contributed by atoms with E-state index in [9.17, 15) is 4.79 Å². The van der Waals surface area contributed by atoms with Crippen molar-refractivity contribution in [2.45, 2.75) is 47.6 Å². The number of benzene rings is 2. The molecule has 3 rings (SSSR count). The number of hydrogen-bond acceptors (Lipinski definition) is 3. The Morgan fingerprint density at radius 2 is 1.55 bits per heavy atom. The van der Waals surface area contributed by atoms with Crippen LogP contribution in [-0.4, -0.2) is 42.6 Å². The molecule has 1 heterocycles. The van der Waals surface area contributed by atoms with Gasteiger partial charge in [-0.15, -0.1) is 0 Å². The van der Waals surface area contributed by atoms with Crippen LogP contribution in [0.4, 0.5) is 5.69 Å². The fourth-order valence-corrected chi connectivity index (χ4v) is 2.89. The second-order valence-corrected chi connectivity index (χ2v) is 6.10. The van der Waals surface area contributed by atoms with Gasteiger partial charge in [0.25, 0.3) is 0 Å². The SMILES string of the molecule is CC.CC.CC(=O)N(C)/N=C1/C(C)N=C(c2ccccc2)c2ccccc2N1C. The van der Waals surface area contributed by atoms with E-state index >= 15 is 0 Å². The van der Waals surface area contributed by atoms with Crippen LogP contribution in [0.3, 0.4) is 0 Å². The summed E-state index contributed by atoms with van der Waals surface area (Å²) in [5.74, 6) is 0.619. The van der Waals surface area contributed by atoms with Crippen molar-refractivity contribution >= 4 is 23.1 Å². The number of hydrazone groups is 1. The van der Waals surface area contributed by atoms with Crippen LogP contribution < -0.4 is 4.90 Å². The fraction of sp³-hybridized carbons (Fsp3) is 0.375. The number of amides is 1. The average Bonchev–Trinajstić information content (AvgIpc) is 2.87. The summed E-state index contributed by atoms with van der Waals surface area (Å²) in [6.45, 7) is 11.5. The summed E-state index contributed by atoms with van der Waals surface area (Å²) < 4.78 is 0. The van der Waals surface area contributed by atoms with Gasteiger partial charge in [-0.05, 0) is 13.0 Å². The van der Waals surface area contributed by atoms with E-state index in [0.29, 0.717) is 0 Å². The maximum Gasteiger partial charge on any atom is 0.239 e. The summed E-state index contributed by atoms with van der Waals surface area (Å²) in [5.41, 5.74) is 4.08. The molecule has 1 aliphatic rings. The van der Waals surface area contributed by atoms with Crippen molar-refractivity contribution in [3.8, 4) is 0 Å². The van der Waals surface area contributed by atoms with Crippen LogP contribution in [0.25, 0.3) is 0 Å². The molecule has 29 heavy (non-hydrogen) atoms. The van der Waals surface area contributed by atoms with Gasteiger partial charge in [0.2, 0.25) is 5.91 Å². The molecule has 2 aromatic carbocycles. The van der Waals surface area contributed by atoms with Crippen molar-refractivity contribution < 1.29 is 4.79 Å². The standard InChI is InChI=1S/C20H22N4O.2C2H6/c1-14-20(22-24(4)15(2)25)23(3)18-13-9-8-12-17(18)19(21-14)16-10-6-5-7-11-16;2*1-2/h5-14H,1-4H3;2*1-2H3/b22-20-;;. The number of carbonyl (C=O) groups is 1. The molecule has 0 radical (unpaired) electrons. The van der Waals surface area contributed by atoms with E-state index < -0.39 is 0 Å². The minimum atomic E-state index is -0.186. The maximum absolute atomic E-state index is 11.6. The molecule has 0 bridgehead atoms. The zero-order valence-electron chi connectivity index (χ0n) is 19.0. The maximum atomic E-state index is 11.6. The molecule has 5 nitrogen and oxygen atoms in total. The molecule has 0 saturated carbocycles. The first-order chi connectivity index (χ1) is 14.0. The van der Waals surface area contributed by atoms with E-state index in [1.807, 2.05) is 76.9 Å². The van der Waals surface area contributed by atoms with Crippen LogP contribution in [0.5, 0.6) is 0 Å². The average molecular weight is 395 g/mol. The number of carbonyl (C=O) groups excluding carboxylic acids is 1. The Morgan fingerprint density at radius 3 is 2.14 bits per heavy atom. The molecule has 0 fully saturated rings. The number of anilines is 1. The molecule has 0 spiro atoms. The Morgan fingerprint density at radius 1 is 1.00 bits per heavy atom. The highest BCUT2D eigenvalue weighted by Gasteiger charge is 2.26. The molecule has 0 aromatic heterocycles. The monoisotopic (exact) mass is 394 g/mol. The predicted octanol–water partition coefficient (Wildman–Crippen LogP) is 5.21. The highest BCUT2D eigenvalue weighted by atomic mass is 16.2. The van der Waals surface area contributed by atoms with Crippen molar-refractivity contribution in [3.05, 3.63) is 65.7 Å². The van der Waals surface area contributed by atoms with Gasteiger partial charge in [0.05, 0.1) is 11.4 Å². The van der Waals surface area contributed by atoms with Gasteiger partial charge in [0, 0.05) is 32.1 Å². The van der Waals surface area contributed by atoms with Gasteiger partial charge in [0.15, 0.2) is 5.84 Å². The zero-order chi connectivity index (χ0) is 22.0. The third-order valence-corrected chi connectivity index (χ3v) is 4.32. The number of fused-ring (bicyclic) bond motifs is 1. The number of rotatable bonds is 2. The number of para-hydroxylation sites is 1. The lowest BCUT2D eigenvalue weighted by Gasteiger charge is -2.24. The second-order valence-electron chi connectivity index (χ2n) is 6.10. The Labute approximate surface area is 175 Å². The van der Waals surface area contributed by atoms with Crippen LogP contribution in [0, 0.1) is 0 Å². The summed E-state index contributed by atoms with van der Waals surface area (Å²) in [6, 6.07) is 18.1. The molecule has 1 unspecified atom stereocenters. The van der Waals surface area contributed by atoms with Crippen LogP contribution in [0.15, 0.2) is 64.7 Å². The quantitative estimate of drug-likeness (QED) is 0.657. The Hall–Kier alpha value is -2.95. The lowest BCUT2D eigenvalue weighted by molar-refractivity contribution is -0.127. The van der Waals surface area contributed by atoms with Gasteiger partial charge in [-0.25, -0.2) is 5.01 Å². The predicted molar refractivity (Wildman–Crippen MR) is 125 cm³/mol. The number of hydrogen-bond donors (Lipinski definition) is 0. The van der Waals surface area contributed by atoms with Crippen LogP contribution in [-0.2, 0) is 4.79 Å². The largest absolute Gasteiger partial charge is 0.329 e. The lowest BCUT2D eigenvalue weighted by atomic mass is 10.0. The summed E-state index contributed by atoms with van der Waals surface area (Å²) in [6.07, 6.45) is 0. The Bertz CT molecular complexity index is 843. The summed E-state index contributed by atoms with van der Waals surface area (Å²) >= 11 is 0. The molecule has 156 valence electrons. The third kappa shape index (κ3) is 5.76. The lowest BCUT2D eigenvalue weighted by Crippen LogP contribution is -2.36.